The van der Waals surface area contributed by atoms with Crippen molar-refractivity contribution >= 4 is 16.8 Å². The molecule has 58 valence electrons. The van der Waals surface area contributed by atoms with Crippen LogP contribution in [0.15, 0.2) is 28.4 Å². The maximum absolute atomic E-state index is 9.29. The zero-order valence-electron chi connectivity index (χ0n) is 5.90. The minimum atomic E-state index is 0.823. The summed E-state index contributed by atoms with van der Waals surface area (Å²) >= 11 is 1.55. The average Bonchev–Trinajstić information content (AvgIpc) is 2.06. The van der Waals surface area contributed by atoms with Gasteiger partial charge < -0.3 is 0 Å². The summed E-state index contributed by atoms with van der Waals surface area (Å²) in [7, 11) is 0. The van der Waals surface area contributed by atoms with Crippen LogP contribution in [0.4, 0.5) is 0 Å². The molecule has 3 nitrogen and oxygen atoms in total. The molecule has 0 atom stereocenters. The first-order valence-electron chi connectivity index (χ1n) is 3.44. The predicted octanol–water partition coefficient (Wildman–Crippen LogP) is 1.58. The van der Waals surface area contributed by atoms with E-state index in [-0.39, 0.29) is 0 Å². The van der Waals surface area contributed by atoms with Crippen LogP contribution in [0.1, 0.15) is 6.42 Å². The van der Waals surface area contributed by atoms with Gasteiger partial charge in [-0.15, -0.1) is 0 Å². The molecule has 2 aliphatic rings. The molecule has 4 heteroatoms. The van der Waals surface area contributed by atoms with Crippen LogP contribution in [-0.2, 0) is 0 Å². The minimum Gasteiger partial charge on any atom is -0.284 e. The lowest BCUT2D eigenvalue weighted by atomic mass is 10.3. The third-order valence-corrected chi connectivity index (χ3v) is 2.39. The van der Waals surface area contributed by atoms with Crippen molar-refractivity contribution in [2.75, 3.05) is 6.54 Å². The lowest BCUT2D eigenvalue weighted by molar-refractivity contribution is 0.00314. The number of thioether (sulfide) groups is 1. The van der Waals surface area contributed by atoms with Gasteiger partial charge in [-0.2, -0.15) is 0 Å². The Morgan fingerprint density at radius 3 is 3.36 bits per heavy atom. The zero-order chi connectivity index (χ0) is 7.68. The van der Waals surface area contributed by atoms with Gasteiger partial charge in [-0.25, -0.2) is 5.06 Å². The van der Waals surface area contributed by atoms with Gasteiger partial charge in [-0.1, -0.05) is 17.8 Å². The lowest BCUT2D eigenvalue weighted by Crippen LogP contribution is -2.22. The SMILES string of the molecule is ON1C=CSC2=NCCC=C21. The maximum atomic E-state index is 9.29. The second-order valence-corrected chi connectivity index (χ2v) is 3.21. The summed E-state index contributed by atoms with van der Waals surface area (Å²) in [5.74, 6) is 0. The van der Waals surface area contributed by atoms with E-state index in [0.717, 1.165) is 28.8 Å². The van der Waals surface area contributed by atoms with Crippen LogP contribution in [-0.4, -0.2) is 21.9 Å². The summed E-state index contributed by atoms with van der Waals surface area (Å²) in [6.45, 7) is 0.841. The second kappa shape index (κ2) is 2.71. The van der Waals surface area contributed by atoms with Gasteiger partial charge in [0.2, 0.25) is 0 Å². The van der Waals surface area contributed by atoms with Crippen LogP contribution in [0.2, 0.25) is 0 Å². The molecule has 0 aromatic carbocycles. The fourth-order valence-corrected chi connectivity index (χ4v) is 1.83. The smallest absolute Gasteiger partial charge is 0.121 e. The van der Waals surface area contributed by atoms with E-state index in [1.54, 1.807) is 18.0 Å². The molecular formula is C7H8N2OS. The van der Waals surface area contributed by atoms with Gasteiger partial charge in [0.15, 0.2) is 0 Å². The second-order valence-electron chi connectivity index (χ2n) is 2.31. The molecule has 0 spiro atoms. The van der Waals surface area contributed by atoms with E-state index in [1.807, 2.05) is 11.5 Å². The number of hydroxylamine groups is 2. The molecule has 0 aromatic rings. The number of nitrogens with zero attached hydrogens (tertiary/aromatic N) is 2. The molecule has 0 saturated carbocycles. The Morgan fingerprint density at radius 1 is 1.64 bits per heavy atom. The summed E-state index contributed by atoms with van der Waals surface area (Å²) in [4.78, 5) is 4.26. The molecule has 11 heavy (non-hydrogen) atoms. The van der Waals surface area contributed by atoms with Gasteiger partial charge in [-0.05, 0) is 11.8 Å². The average molecular weight is 168 g/mol. The van der Waals surface area contributed by atoms with Gasteiger partial charge >= 0.3 is 0 Å². The summed E-state index contributed by atoms with van der Waals surface area (Å²) in [5, 5.41) is 13.1. The molecule has 0 amide bonds. The Hall–Kier alpha value is -0.740. The largest absolute Gasteiger partial charge is 0.284 e. The molecule has 0 unspecified atom stereocenters. The molecular weight excluding hydrogens is 160 g/mol. The molecule has 2 heterocycles. The molecule has 0 aromatic heterocycles. The Balaban J connectivity index is 2.35. The highest BCUT2D eigenvalue weighted by Gasteiger charge is 2.17. The normalized spacial score (nSPS) is 22.5. The Bertz CT molecular complexity index is 257. The van der Waals surface area contributed by atoms with Gasteiger partial charge in [0.05, 0.1) is 5.70 Å². The monoisotopic (exact) mass is 168 g/mol. The van der Waals surface area contributed by atoms with E-state index < -0.39 is 0 Å². The molecule has 0 saturated heterocycles. The molecule has 0 radical (unpaired) electrons. The van der Waals surface area contributed by atoms with E-state index in [4.69, 9.17) is 0 Å². The van der Waals surface area contributed by atoms with E-state index in [0.29, 0.717) is 0 Å². The summed E-state index contributed by atoms with van der Waals surface area (Å²) in [6, 6.07) is 0. The highest BCUT2D eigenvalue weighted by atomic mass is 32.2. The minimum absolute atomic E-state index is 0.823. The highest BCUT2D eigenvalue weighted by molar-refractivity contribution is 8.17. The summed E-state index contributed by atoms with van der Waals surface area (Å²) in [5.41, 5.74) is 0.823. The number of rotatable bonds is 0. The third kappa shape index (κ3) is 1.19. The summed E-state index contributed by atoms with van der Waals surface area (Å²) in [6.07, 6.45) is 4.55. The van der Waals surface area contributed by atoms with Gasteiger partial charge in [0, 0.05) is 12.7 Å². The number of hydrogen-bond donors (Lipinski definition) is 1. The first-order chi connectivity index (χ1) is 5.38. The van der Waals surface area contributed by atoms with E-state index in [9.17, 15) is 5.21 Å². The van der Waals surface area contributed by atoms with Crippen molar-refractivity contribution in [2.45, 2.75) is 6.42 Å². The number of fused-ring (bicyclic) bond motifs is 1. The summed E-state index contributed by atoms with van der Waals surface area (Å²) < 4.78 is 0. The highest BCUT2D eigenvalue weighted by Crippen LogP contribution is 2.25. The van der Waals surface area contributed by atoms with E-state index >= 15 is 0 Å². The van der Waals surface area contributed by atoms with Crippen molar-refractivity contribution in [3.8, 4) is 0 Å². The van der Waals surface area contributed by atoms with Crippen LogP contribution >= 0.6 is 11.8 Å². The van der Waals surface area contributed by atoms with Crippen molar-refractivity contribution in [1.82, 2.24) is 5.06 Å². The van der Waals surface area contributed by atoms with Gasteiger partial charge in [0.1, 0.15) is 5.04 Å². The molecule has 0 bridgehead atoms. The van der Waals surface area contributed by atoms with Crippen molar-refractivity contribution in [3.05, 3.63) is 23.4 Å². The zero-order valence-corrected chi connectivity index (χ0v) is 6.71. The van der Waals surface area contributed by atoms with E-state index in [1.165, 1.54) is 0 Å². The Kier molecular flexibility index (Phi) is 1.71. The van der Waals surface area contributed by atoms with Gasteiger partial charge in [0.25, 0.3) is 0 Å². The first-order valence-corrected chi connectivity index (χ1v) is 4.32. The lowest BCUT2D eigenvalue weighted by Gasteiger charge is -2.22. The Labute approximate surface area is 69.1 Å². The Morgan fingerprint density at radius 2 is 2.55 bits per heavy atom. The fourth-order valence-electron chi connectivity index (χ4n) is 1.06. The predicted molar refractivity (Wildman–Crippen MR) is 45.4 cm³/mol. The van der Waals surface area contributed by atoms with Crippen molar-refractivity contribution in [3.63, 3.8) is 0 Å². The van der Waals surface area contributed by atoms with Crippen molar-refractivity contribution < 1.29 is 5.21 Å². The molecule has 2 rings (SSSR count). The number of dihydropyridines is 1. The molecule has 0 fully saturated rings. The van der Waals surface area contributed by atoms with Crippen LogP contribution in [0, 0.1) is 0 Å². The maximum Gasteiger partial charge on any atom is 0.121 e. The van der Waals surface area contributed by atoms with Gasteiger partial charge in [-0.3, -0.25) is 10.2 Å². The third-order valence-electron chi connectivity index (χ3n) is 1.57. The standard InChI is InChI=1S/C7H8N2OS/c10-9-4-5-11-7-6(9)2-1-3-8-7/h2,4-5,10H,1,3H2. The van der Waals surface area contributed by atoms with Crippen LogP contribution in [0.5, 0.6) is 0 Å². The van der Waals surface area contributed by atoms with Crippen LogP contribution in [0.3, 0.4) is 0 Å². The van der Waals surface area contributed by atoms with E-state index in [2.05, 4.69) is 4.99 Å². The number of aliphatic imine (C=N–C) groups is 1. The first kappa shape index (κ1) is 6.94. The fraction of sp³-hybridized carbons (Fsp3) is 0.286. The molecule has 1 N–H and O–H groups in total. The van der Waals surface area contributed by atoms with Crippen molar-refractivity contribution in [1.29, 1.82) is 0 Å². The topological polar surface area (TPSA) is 35.8 Å². The van der Waals surface area contributed by atoms with Crippen LogP contribution < -0.4 is 0 Å². The molecule has 0 aliphatic carbocycles. The van der Waals surface area contributed by atoms with Crippen molar-refractivity contribution in [2.24, 2.45) is 4.99 Å². The number of hydrogen-bond acceptors (Lipinski definition) is 4. The van der Waals surface area contributed by atoms with Crippen LogP contribution in [0.25, 0.3) is 0 Å². The quantitative estimate of drug-likeness (QED) is 0.596. The molecule has 2 aliphatic heterocycles.